The number of phenolic OH excluding ortho intramolecular Hbond substituents is 1. The largest absolute Gasteiger partial charge is 0.507 e. The van der Waals surface area contributed by atoms with E-state index in [0.29, 0.717) is 11.1 Å². The molecule has 0 amide bonds. The Kier molecular flexibility index (Phi) is 8.23. The summed E-state index contributed by atoms with van der Waals surface area (Å²) >= 11 is 0. The van der Waals surface area contributed by atoms with E-state index < -0.39 is 14.3 Å². The predicted octanol–water partition coefficient (Wildman–Crippen LogP) is 7.72. The molecular formula is C36H36O3P2. The summed E-state index contributed by atoms with van der Waals surface area (Å²) in [6.45, 7) is 6.36. The first-order chi connectivity index (χ1) is 19.6. The van der Waals surface area contributed by atoms with E-state index in [9.17, 15) is 14.2 Å². The van der Waals surface area contributed by atoms with E-state index in [1.54, 1.807) is 0 Å². The molecule has 208 valence electrons. The van der Waals surface area contributed by atoms with E-state index >= 15 is 0 Å². The highest BCUT2D eigenvalue weighted by Crippen LogP contribution is 2.52. The third kappa shape index (κ3) is 6.03. The number of rotatable bonds is 8. The molecule has 0 aliphatic carbocycles. The summed E-state index contributed by atoms with van der Waals surface area (Å²) in [5, 5.41) is 14.8. The molecule has 0 aliphatic rings. The Morgan fingerprint density at radius 3 is 1.02 bits per heavy atom. The first-order valence-corrected chi connectivity index (χ1v) is 17.7. The molecule has 0 aromatic heterocycles. The van der Waals surface area contributed by atoms with Gasteiger partial charge in [-0.05, 0) is 11.0 Å². The predicted molar refractivity (Wildman–Crippen MR) is 174 cm³/mol. The first-order valence-electron chi connectivity index (χ1n) is 13.9. The fourth-order valence-electron chi connectivity index (χ4n) is 5.25. The second kappa shape index (κ2) is 11.7. The summed E-state index contributed by atoms with van der Waals surface area (Å²) in [6.07, 6.45) is 0.315. The van der Waals surface area contributed by atoms with Crippen molar-refractivity contribution in [2.45, 2.75) is 38.5 Å². The summed E-state index contributed by atoms with van der Waals surface area (Å²) < 4.78 is 29.9. The van der Waals surface area contributed by atoms with Crippen LogP contribution in [0.5, 0.6) is 5.75 Å². The number of hydrogen-bond donors (Lipinski definition) is 1. The van der Waals surface area contributed by atoms with Crippen molar-refractivity contribution in [3.63, 3.8) is 0 Å². The molecule has 0 heterocycles. The molecule has 5 rings (SSSR count). The summed E-state index contributed by atoms with van der Waals surface area (Å²) in [5.74, 6) is 0.0668. The third-order valence-corrected chi connectivity index (χ3v) is 13.7. The van der Waals surface area contributed by atoms with Crippen LogP contribution < -0.4 is 21.2 Å². The second-order valence-electron chi connectivity index (χ2n) is 11.5. The van der Waals surface area contributed by atoms with Gasteiger partial charge < -0.3 is 14.2 Å². The summed E-state index contributed by atoms with van der Waals surface area (Å²) in [7, 11) is -6.32. The molecule has 5 aromatic carbocycles. The zero-order valence-electron chi connectivity index (χ0n) is 23.8. The van der Waals surface area contributed by atoms with Gasteiger partial charge in [0.15, 0.2) is 0 Å². The van der Waals surface area contributed by atoms with Crippen molar-refractivity contribution in [2.24, 2.45) is 0 Å². The van der Waals surface area contributed by atoms with E-state index in [2.05, 4.69) is 20.8 Å². The van der Waals surface area contributed by atoms with Gasteiger partial charge in [-0.25, -0.2) is 0 Å². The van der Waals surface area contributed by atoms with Crippen molar-refractivity contribution >= 4 is 35.5 Å². The highest BCUT2D eigenvalue weighted by molar-refractivity contribution is 7.78. The molecule has 0 radical (unpaired) electrons. The minimum Gasteiger partial charge on any atom is -0.507 e. The molecule has 41 heavy (non-hydrogen) atoms. The molecule has 0 saturated carbocycles. The van der Waals surface area contributed by atoms with Crippen LogP contribution in [0, 0.1) is 0 Å². The van der Waals surface area contributed by atoms with Gasteiger partial charge >= 0.3 is 0 Å². The Balaban J connectivity index is 1.69. The Hall–Kier alpha value is -3.64. The highest BCUT2D eigenvalue weighted by Gasteiger charge is 2.33. The lowest BCUT2D eigenvalue weighted by Gasteiger charge is -2.26. The van der Waals surface area contributed by atoms with Crippen molar-refractivity contribution in [3.05, 3.63) is 150 Å². The number of aromatic hydroxyl groups is 1. The summed E-state index contributed by atoms with van der Waals surface area (Å²) in [4.78, 5) is 0. The molecule has 3 nitrogen and oxygen atoms in total. The lowest BCUT2D eigenvalue weighted by atomic mass is 9.85. The van der Waals surface area contributed by atoms with Gasteiger partial charge in [-0.2, -0.15) is 0 Å². The second-order valence-corrected chi connectivity index (χ2v) is 17.2. The van der Waals surface area contributed by atoms with Crippen molar-refractivity contribution in [1.82, 2.24) is 0 Å². The zero-order valence-corrected chi connectivity index (χ0v) is 25.6. The van der Waals surface area contributed by atoms with Gasteiger partial charge in [0.05, 0.1) is 0 Å². The van der Waals surface area contributed by atoms with Crippen LogP contribution in [-0.4, -0.2) is 5.11 Å². The van der Waals surface area contributed by atoms with Crippen LogP contribution in [0.3, 0.4) is 0 Å². The molecule has 0 aliphatic heterocycles. The average molecular weight is 579 g/mol. The quantitative estimate of drug-likeness (QED) is 0.192. The molecule has 1 N–H and O–H groups in total. The smallest absolute Gasteiger partial charge is 0.147 e. The van der Waals surface area contributed by atoms with Crippen LogP contribution in [0.15, 0.2) is 133 Å². The van der Waals surface area contributed by atoms with Crippen molar-refractivity contribution in [1.29, 1.82) is 0 Å². The Labute approximate surface area is 243 Å². The third-order valence-electron chi connectivity index (χ3n) is 7.61. The van der Waals surface area contributed by atoms with Gasteiger partial charge in [0.1, 0.15) is 20.0 Å². The summed E-state index contributed by atoms with van der Waals surface area (Å²) in [5.41, 5.74) is 1.97. The fraction of sp³-hybridized carbons (Fsp3) is 0.167. The molecule has 5 heteroatoms. The van der Waals surface area contributed by atoms with E-state index in [1.807, 2.05) is 133 Å². The molecule has 0 atom stereocenters. The fourth-order valence-corrected chi connectivity index (χ4v) is 10.6. The lowest BCUT2D eigenvalue weighted by Crippen LogP contribution is -2.20. The van der Waals surface area contributed by atoms with Crippen molar-refractivity contribution < 1.29 is 14.2 Å². The molecule has 0 bridgehead atoms. The standard InChI is InChI=1S/C36H36O3P2/c1-36(2,3)30-24-28(26-40(38,31-16-8-4-9-17-31)32-18-10-5-11-19-32)35(37)29(25-30)27-41(39,33-20-12-6-13-21-33)34-22-14-7-15-23-34/h4-25,37H,26-27H2,1-3H3. The van der Waals surface area contributed by atoms with E-state index in [1.165, 1.54) is 0 Å². The lowest BCUT2D eigenvalue weighted by molar-refractivity contribution is 0.463. The van der Waals surface area contributed by atoms with Crippen LogP contribution in [0.2, 0.25) is 0 Å². The number of hydrogen-bond acceptors (Lipinski definition) is 3. The van der Waals surface area contributed by atoms with Crippen LogP contribution in [0.1, 0.15) is 37.5 Å². The molecule has 0 fully saturated rings. The normalized spacial score (nSPS) is 12.3. The first kappa shape index (κ1) is 28.9. The van der Waals surface area contributed by atoms with Crippen LogP contribution in [0.4, 0.5) is 0 Å². The zero-order chi connectivity index (χ0) is 29.1. The summed E-state index contributed by atoms with van der Waals surface area (Å²) in [6, 6.07) is 42.0. The van der Waals surface area contributed by atoms with E-state index in [0.717, 1.165) is 26.8 Å². The SMILES string of the molecule is CC(C)(C)c1cc(CP(=O)(c2ccccc2)c2ccccc2)c(O)c(CP(=O)(c2ccccc2)c2ccccc2)c1. The van der Waals surface area contributed by atoms with Gasteiger partial charge in [-0.3, -0.25) is 0 Å². The topological polar surface area (TPSA) is 54.4 Å². The molecule has 0 spiro atoms. The van der Waals surface area contributed by atoms with Crippen LogP contribution in [0.25, 0.3) is 0 Å². The monoisotopic (exact) mass is 578 g/mol. The Bertz CT molecular complexity index is 1500. The number of benzene rings is 5. The Morgan fingerprint density at radius 2 is 0.780 bits per heavy atom. The number of phenols is 1. The molecule has 0 saturated heterocycles. The minimum atomic E-state index is -3.16. The molecule has 5 aromatic rings. The van der Waals surface area contributed by atoms with Gasteiger partial charge in [-0.15, -0.1) is 0 Å². The van der Waals surface area contributed by atoms with Gasteiger partial charge in [-0.1, -0.05) is 154 Å². The van der Waals surface area contributed by atoms with Gasteiger partial charge in [0, 0.05) is 44.7 Å². The van der Waals surface area contributed by atoms with Crippen LogP contribution >= 0.6 is 14.3 Å². The minimum absolute atomic E-state index is 0.0668. The highest BCUT2D eigenvalue weighted by atomic mass is 31.2. The maximum absolute atomic E-state index is 15.0. The van der Waals surface area contributed by atoms with Gasteiger partial charge in [0.25, 0.3) is 0 Å². The van der Waals surface area contributed by atoms with Gasteiger partial charge in [0.2, 0.25) is 0 Å². The molecular weight excluding hydrogens is 542 g/mol. The molecule has 0 unspecified atom stereocenters. The Morgan fingerprint density at radius 1 is 0.512 bits per heavy atom. The maximum atomic E-state index is 15.0. The van der Waals surface area contributed by atoms with E-state index in [-0.39, 0.29) is 23.5 Å². The van der Waals surface area contributed by atoms with Crippen molar-refractivity contribution in [3.8, 4) is 5.75 Å². The average Bonchev–Trinajstić information content (AvgIpc) is 3.00. The maximum Gasteiger partial charge on any atom is 0.147 e. The van der Waals surface area contributed by atoms with Crippen LogP contribution in [-0.2, 0) is 26.9 Å². The van der Waals surface area contributed by atoms with Crippen molar-refractivity contribution in [2.75, 3.05) is 0 Å². The van der Waals surface area contributed by atoms with E-state index in [4.69, 9.17) is 0 Å².